The van der Waals surface area contributed by atoms with Crippen LogP contribution >= 0.6 is 46.4 Å². The van der Waals surface area contributed by atoms with E-state index < -0.39 is 51.3 Å². The second-order valence-corrected chi connectivity index (χ2v) is 12.4. The van der Waals surface area contributed by atoms with E-state index in [9.17, 15) is 14.4 Å². The number of carbonyl (C=O) groups excluding carboxylic acids is 3. The van der Waals surface area contributed by atoms with Gasteiger partial charge in [0.15, 0.2) is 0 Å². The molecular weight excluding hydrogens is 566 g/mol. The van der Waals surface area contributed by atoms with Gasteiger partial charge in [-0.25, -0.2) is 0 Å². The number of rotatable bonds is 4. The zero-order valence-electron chi connectivity index (χ0n) is 20.3. The smallest absolute Gasteiger partial charge is 0.247 e. The van der Waals surface area contributed by atoms with E-state index in [-0.39, 0.29) is 5.02 Å². The van der Waals surface area contributed by atoms with Crippen LogP contribution in [0.15, 0.2) is 66.7 Å². The Morgan fingerprint density at radius 1 is 0.816 bits per heavy atom. The number of amides is 3. The molecule has 3 atom stereocenters. The van der Waals surface area contributed by atoms with Crippen molar-refractivity contribution in [3.8, 4) is 0 Å². The van der Waals surface area contributed by atoms with Crippen molar-refractivity contribution < 1.29 is 14.4 Å². The number of likely N-dealkylation sites (tertiary alicyclic amines) is 1. The molecule has 5 nitrogen and oxygen atoms in total. The van der Waals surface area contributed by atoms with E-state index in [0.29, 0.717) is 33.0 Å². The predicted octanol–water partition coefficient (Wildman–Crippen LogP) is 6.55. The van der Waals surface area contributed by atoms with Crippen LogP contribution in [0.2, 0.25) is 10.0 Å². The molecular formula is C29H22Cl4N2O3. The molecule has 1 heterocycles. The summed E-state index contributed by atoms with van der Waals surface area (Å²) >= 11 is 27.2. The SMILES string of the molecule is CC(C)[C@@H](C(=O)Nc1ccc(Cl)cc1Cl)N1C(=O)[C@H]2[C@H](C1=O)C1(Cl)c3ccccc3C2(Cl)c2ccccc21. The van der Waals surface area contributed by atoms with E-state index in [1.165, 1.54) is 6.07 Å². The number of anilines is 1. The quantitative estimate of drug-likeness (QED) is 0.278. The van der Waals surface area contributed by atoms with Gasteiger partial charge in [0, 0.05) is 5.02 Å². The normalized spacial score (nSPS) is 27.7. The largest absolute Gasteiger partial charge is 0.323 e. The lowest BCUT2D eigenvalue weighted by molar-refractivity contribution is -0.148. The Kier molecular flexibility index (Phi) is 5.90. The van der Waals surface area contributed by atoms with Crippen molar-refractivity contribution in [1.29, 1.82) is 0 Å². The number of hydrogen-bond donors (Lipinski definition) is 1. The third-order valence-electron chi connectivity index (χ3n) is 7.99. The molecule has 3 aliphatic carbocycles. The van der Waals surface area contributed by atoms with Crippen molar-refractivity contribution in [1.82, 2.24) is 4.90 Å². The van der Waals surface area contributed by atoms with Gasteiger partial charge in [0.1, 0.15) is 15.8 Å². The molecule has 2 bridgehead atoms. The molecule has 1 N–H and O–H groups in total. The van der Waals surface area contributed by atoms with Gasteiger partial charge < -0.3 is 5.32 Å². The van der Waals surface area contributed by atoms with E-state index in [2.05, 4.69) is 5.32 Å². The highest BCUT2D eigenvalue weighted by Crippen LogP contribution is 2.69. The monoisotopic (exact) mass is 586 g/mol. The highest BCUT2D eigenvalue weighted by atomic mass is 35.5. The van der Waals surface area contributed by atoms with Crippen LogP contribution in [0.25, 0.3) is 0 Å². The topological polar surface area (TPSA) is 66.5 Å². The Bertz CT molecular complexity index is 1420. The molecule has 0 aromatic heterocycles. The number of nitrogens with one attached hydrogen (secondary N) is 1. The van der Waals surface area contributed by atoms with Crippen molar-refractivity contribution in [3.05, 3.63) is 99.0 Å². The fourth-order valence-corrected chi connectivity index (χ4v) is 8.03. The van der Waals surface area contributed by atoms with Crippen molar-refractivity contribution in [2.45, 2.75) is 29.6 Å². The highest BCUT2D eigenvalue weighted by Gasteiger charge is 2.73. The second kappa shape index (κ2) is 8.72. The van der Waals surface area contributed by atoms with Gasteiger partial charge in [0.05, 0.1) is 22.5 Å². The number of halogens is 4. The van der Waals surface area contributed by atoms with Crippen LogP contribution in [0.1, 0.15) is 36.1 Å². The van der Waals surface area contributed by atoms with Gasteiger partial charge >= 0.3 is 0 Å². The average molecular weight is 588 g/mol. The summed E-state index contributed by atoms with van der Waals surface area (Å²) in [4.78, 5) is 40.6. The van der Waals surface area contributed by atoms with Gasteiger partial charge in [0.25, 0.3) is 0 Å². The summed E-state index contributed by atoms with van der Waals surface area (Å²) in [6.45, 7) is 3.56. The van der Waals surface area contributed by atoms with E-state index in [0.717, 1.165) is 4.90 Å². The number of carbonyl (C=O) groups is 3. The molecule has 3 aromatic carbocycles. The van der Waals surface area contributed by atoms with Crippen molar-refractivity contribution in [3.63, 3.8) is 0 Å². The number of hydrogen-bond acceptors (Lipinski definition) is 3. The van der Waals surface area contributed by atoms with Crippen LogP contribution in [-0.4, -0.2) is 28.7 Å². The van der Waals surface area contributed by atoms with Gasteiger partial charge in [-0.3, -0.25) is 19.3 Å². The van der Waals surface area contributed by atoms with Gasteiger partial charge in [-0.2, -0.15) is 0 Å². The third-order valence-corrected chi connectivity index (χ3v) is 9.82. The maximum Gasteiger partial charge on any atom is 0.247 e. The first kappa shape index (κ1) is 25.7. The number of alkyl halides is 2. The maximum atomic E-state index is 14.3. The number of imide groups is 1. The Hall–Kier alpha value is -2.57. The van der Waals surface area contributed by atoms with E-state index >= 15 is 0 Å². The molecule has 3 amide bonds. The van der Waals surface area contributed by atoms with Crippen LogP contribution in [-0.2, 0) is 24.1 Å². The van der Waals surface area contributed by atoms with Crippen molar-refractivity contribution in [2.75, 3.05) is 5.32 Å². The lowest BCUT2D eigenvalue weighted by Gasteiger charge is -2.54. The molecule has 0 saturated carbocycles. The van der Waals surface area contributed by atoms with Crippen molar-refractivity contribution in [2.24, 2.45) is 17.8 Å². The van der Waals surface area contributed by atoms with Gasteiger partial charge in [-0.15, -0.1) is 23.2 Å². The fourth-order valence-electron chi connectivity index (χ4n) is 6.48. The first-order valence-corrected chi connectivity index (χ1v) is 13.7. The molecule has 1 fully saturated rings. The summed E-state index contributed by atoms with van der Waals surface area (Å²) < 4.78 is 0. The Morgan fingerprint density at radius 2 is 1.26 bits per heavy atom. The van der Waals surface area contributed by atoms with E-state index in [1.54, 1.807) is 26.0 Å². The highest BCUT2D eigenvalue weighted by molar-refractivity contribution is 6.37. The van der Waals surface area contributed by atoms with Gasteiger partial charge in [0.2, 0.25) is 17.7 Å². The summed E-state index contributed by atoms with van der Waals surface area (Å²) in [7, 11) is 0. The maximum absolute atomic E-state index is 14.3. The lowest BCUT2D eigenvalue weighted by atomic mass is 9.54. The molecule has 1 saturated heterocycles. The van der Waals surface area contributed by atoms with Crippen LogP contribution in [0, 0.1) is 17.8 Å². The molecule has 38 heavy (non-hydrogen) atoms. The van der Waals surface area contributed by atoms with Crippen LogP contribution in [0.4, 0.5) is 5.69 Å². The van der Waals surface area contributed by atoms with E-state index in [1.807, 2.05) is 48.5 Å². The fraction of sp³-hybridized carbons (Fsp3) is 0.276. The van der Waals surface area contributed by atoms with E-state index in [4.69, 9.17) is 46.4 Å². The Labute approximate surface area is 240 Å². The third kappa shape index (κ3) is 3.22. The summed E-state index contributed by atoms with van der Waals surface area (Å²) in [6, 6.07) is 18.4. The molecule has 0 radical (unpaired) electrons. The number of nitrogens with zero attached hydrogens (tertiary/aromatic N) is 1. The number of benzene rings is 3. The Morgan fingerprint density at radius 3 is 1.66 bits per heavy atom. The molecule has 3 aromatic rings. The van der Waals surface area contributed by atoms with Crippen molar-refractivity contribution >= 4 is 69.8 Å². The minimum atomic E-state index is -1.31. The molecule has 9 heteroatoms. The minimum absolute atomic E-state index is 0.240. The standard InChI is InChI=1S/C29H22Cl4N2O3/c1-14(2)24(25(36)34-21-12-11-15(30)13-20(21)31)35-26(37)22-23(27(35)38)29(33)17-8-4-3-7-16(17)28(22,32)18-9-5-6-10-19(18)29/h3-14,22-24H,1-2H3,(H,34,36)/t22-,23-,24+,28?,29?/m1/s1. The van der Waals surface area contributed by atoms with Crippen LogP contribution < -0.4 is 5.32 Å². The van der Waals surface area contributed by atoms with Crippen LogP contribution in [0.5, 0.6) is 0 Å². The first-order valence-electron chi connectivity index (χ1n) is 12.2. The minimum Gasteiger partial charge on any atom is -0.323 e. The zero-order valence-corrected chi connectivity index (χ0v) is 23.4. The second-order valence-electron chi connectivity index (χ2n) is 10.3. The molecule has 1 aliphatic heterocycles. The summed E-state index contributed by atoms with van der Waals surface area (Å²) in [6.07, 6.45) is 0. The molecule has 0 spiro atoms. The summed E-state index contributed by atoms with van der Waals surface area (Å²) in [5, 5.41) is 3.42. The average Bonchev–Trinajstić information content (AvgIpc) is 3.15. The van der Waals surface area contributed by atoms with Gasteiger partial charge in [-0.05, 0) is 46.4 Å². The Balaban J connectivity index is 1.48. The van der Waals surface area contributed by atoms with Gasteiger partial charge in [-0.1, -0.05) is 85.6 Å². The summed E-state index contributed by atoms with van der Waals surface area (Å²) in [5.41, 5.74) is 3.15. The predicted molar refractivity (Wildman–Crippen MR) is 149 cm³/mol. The molecule has 0 unspecified atom stereocenters. The molecule has 194 valence electrons. The molecule has 7 rings (SSSR count). The summed E-state index contributed by atoms with van der Waals surface area (Å²) in [5.74, 6) is -3.94. The lowest BCUT2D eigenvalue weighted by Crippen LogP contribution is -2.57. The van der Waals surface area contributed by atoms with Crippen LogP contribution in [0.3, 0.4) is 0 Å². The first-order chi connectivity index (χ1) is 18.0. The zero-order chi connectivity index (χ0) is 27.1. The molecule has 4 aliphatic rings.